The minimum atomic E-state index is -1.37. The second-order valence-corrected chi connectivity index (χ2v) is 3.84. The highest BCUT2D eigenvalue weighted by molar-refractivity contribution is 5.89. The Morgan fingerprint density at radius 3 is 2.55 bits per heavy atom. The van der Waals surface area contributed by atoms with Crippen LogP contribution in [0.15, 0.2) is 24.4 Å². The number of rotatable bonds is 3. The van der Waals surface area contributed by atoms with Gasteiger partial charge in [-0.1, -0.05) is 0 Å². The van der Waals surface area contributed by atoms with Crippen LogP contribution in [0, 0.1) is 17.5 Å². The molecule has 8 heteroatoms. The van der Waals surface area contributed by atoms with Crippen LogP contribution >= 0.6 is 0 Å². The highest BCUT2D eigenvalue weighted by Crippen LogP contribution is 2.25. The van der Waals surface area contributed by atoms with E-state index in [1.54, 1.807) is 0 Å². The first kappa shape index (κ1) is 13.7. The molecule has 20 heavy (non-hydrogen) atoms. The van der Waals surface area contributed by atoms with Crippen molar-refractivity contribution >= 4 is 23.2 Å². The standard InChI is InChI=1S/C12H8F3N3O2/c13-6-2-7(14)10(15)9(3-6)18-11-8(16)1-5(4-17-11)12(19)20/h1-4H,16H2,(H,17,18)(H,19,20). The number of pyridine rings is 1. The van der Waals surface area contributed by atoms with E-state index >= 15 is 0 Å². The third kappa shape index (κ3) is 2.63. The lowest BCUT2D eigenvalue weighted by Crippen LogP contribution is -2.05. The molecule has 0 fully saturated rings. The van der Waals surface area contributed by atoms with Crippen molar-refractivity contribution in [3.8, 4) is 0 Å². The van der Waals surface area contributed by atoms with Crippen molar-refractivity contribution in [1.82, 2.24) is 4.98 Å². The number of carbonyl (C=O) groups is 1. The van der Waals surface area contributed by atoms with Gasteiger partial charge in [-0.15, -0.1) is 0 Å². The number of halogens is 3. The Morgan fingerprint density at radius 1 is 1.25 bits per heavy atom. The fourth-order valence-corrected chi connectivity index (χ4v) is 1.48. The van der Waals surface area contributed by atoms with Gasteiger partial charge in [-0.3, -0.25) is 0 Å². The molecular weight excluding hydrogens is 275 g/mol. The second-order valence-electron chi connectivity index (χ2n) is 3.84. The molecule has 0 bridgehead atoms. The fraction of sp³-hybridized carbons (Fsp3) is 0. The maximum Gasteiger partial charge on any atom is 0.337 e. The first-order valence-corrected chi connectivity index (χ1v) is 5.29. The van der Waals surface area contributed by atoms with Crippen molar-refractivity contribution in [3.05, 3.63) is 47.4 Å². The number of nitrogens with zero attached hydrogens (tertiary/aromatic N) is 1. The van der Waals surface area contributed by atoms with Crippen LogP contribution in [0.25, 0.3) is 0 Å². The van der Waals surface area contributed by atoms with E-state index in [0.29, 0.717) is 6.07 Å². The number of nitrogen functional groups attached to an aromatic ring is 1. The van der Waals surface area contributed by atoms with Crippen LogP contribution in [0.5, 0.6) is 0 Å². The average Bonchev–Trinajstić information content (AvgIpc) is 2.37. The van der Waals surface area contributed by atoms with Crippen molar-refractivity contribution < 1.29 is 23.1 Å². The predicted octanol–water partition coefficient (Wildman–Crippen LogP) is 2.52. The summed E-state index contributed by atoms with van der Waals surface area (Å²) in [7, 11) is 0. The minimum absolute atomic E-state index is 0.103. The molecule has 2 rings (SSSR count). The number of hydrogen-bond acceptors (Lipinski definition) is 4. The summed E-state index contributed by atoms with van der Waals surface area (Å²) in [6, 6.07) is 2.21. The maximum absolute atomic E-state index is 13.4. The summed E-state index contributed by atoms with van der Waals surface area (Å²) in [6.07, 6.45) is 0.981. The average molecular weight is 283 g/mol. The number of aromatic nitrogens is 1. The Hall–Kier alpha value is -2.77. The normalized spacial score (nSPS) is 10.3. The molecule has 0 aliphatic carbocycles. The Bertz CT molecular complexity index is 692. The Labute approximate surface area is 110 Å². The van der Waals surface area contributed by atoms with Crippen molar-refractivity contribution in [2.45, 2.75) is 0 Å². The van der Waals surface area contributed by atoms with Gasteiger partial charge in [0.2, 0.25) is 0 Å². The molecule has 0 radical (unpaired) electrons. The first-order valence-electron chi connectivity index (χ1n) is 5.29. The van der Waals surface area contributed by atoms with Crippen LogP contribution in [-0.4, -0.2) is 16.1 Å². The lowest BCUT2D eigenvalue weighted by molar-refractivity contribution is 0.0696. The van der Waals surface area contributed by atoms with E-state index in [2.05, 4.69) is 10.3 Å². The van der Waals surface area contributed by atoms with E-state index in [1.807, 2.05) is 0 Å². The Morgan fingerprint density at radius 2 is 1.95 bits per heavy atom. The highest BCUT2D eigenvalue weighted by Gasteiger charge is 2.14. The smallest absolute Gasteiger partial charge is 0.337 e. The highest BCUT2D eigenvalue weighted by atomic mass is 19.2. The van der Waals surface area contributed by atoms with Gasteiger partial charge in [0, 0.05) is 18.3 Å². The van der Waals surface area contributed by atoms with E-state index in [9.17, 15) is 18.0 Å². The van der Waals surface area contributed by atoms with Crippen molar-refractivity contribution in [1.29, 1.82) is 0 Å². The molecule has 1 aromatic heterocycles. The fourth-order valence-electron chi connectivity index (χ4n) is 1.48. The van der Waals surface area contributed by atoms with Gasteiger partial charge in [-0.25, -0.2) is 22.9 Å². The van der Waals surface area contributed by atoms with Gasteiger partial charge in [-0.2, -0.15) is 0 Å². The van der Waals surface area contributed by atoms with Gasteiger partial charge >= 0.3 is 5.97 Å². The quantitative estimate of drug-likeness (QED) is 0.753. The predicted molar refractivity (Wildman–Crippen MR) is 65.2 cm³/mol. The molecule has 1 heterocycles. The maximum atomic E-state index is 13.4. The topological polar surface area (TPSA) is 88.2 Å². The molecular formula is C12H8F3N3O2. The van der Waals surface area contributed by atoms with Gasteiger partial charge in [0.25, 0.3) is 0 Å². The summed E-state index contributed by atoms with van der Waals surface area (Å²) in [5.74, 6) is -4.99. The molecule has 4 N–H and O–H groups in total. The molecule has 0 saturated carbocycles. The van der Waals surface area contributed by atoms with Crippen molar-refractivity contribution in [2.75, 3.05) is 11.1 Å². The zero-order chi connectivity index (χ0) is 14.9. The van der Waals surface area contributed by atoms with Crippen LogP contribution in [0.4, 0.5) is 30.4 Å². The molecule has 0 aliphatic rings. The van der Waals surface area contributed by atoms with E-state index < -0.39 is 29.1 Å². The number of benzene rings is 1. The molecule has 0 saturated heterocycles. The van der Waals surface area contributed by atoms with Crippen LogP contribution in [-0.2, 0) is 0 Å². The summed E-state index contributed by atoms with van der Waals surface area (Å²) in [5, 5.41) is 11.0. The van der Waals surface area contributed by atoms with Gasteiger partial charge in [0.1, 0.15) is 5.82 Å². The summed E-state index contributed by atoms with van der Waals surface area (Å²) in [4.78, 5) is 14.4. The zero-order valence-electron chi connectivity index (χ0n) is 9.82. The number of nitrogens with one attached hydrogen (secondary N) is 1. The summed E-state index contributed by atoms with van der Waals surface area (Å²) in [5.41, 5.74) is 4.77. The molecule has 0 atom stereocenters. The van der Waals surface area contributed by atoms with Crippen LogP contribution in [0.3, 0.4) is 0 Å². The summed E-state index contributed by atoms with van der Waals surface area (Å²) in [6.45, 7) is 0. The number of carboxylic acids is 1. The van der Waals surface area contributed by atoms with E-state index in [0.717, 1.165) is 18.3 Å². The van der Waals surface area contributed by atoms with Gasteiger partial charge in [0.05, 0.1) is 16.9 Å². The second kappa shape index (κ2) is 5.08. The third-order valence-corrected chi connectivity index (χ3v) is 2.41. The number of anilines is 3. The molecule has 0 spiro atoms. The number of aromatic carboxylic acids is 1. The first-order chi connectivity index (χ1) is 9.38. The summed E-state index contributed by atoms with van der Waals surface area (Å²) >= 11 is 0. The summed E-state index contributed by atoms with van der Waals surface area (Å²) < 4.78 is 39.5. The molecule has 0 amide bonds. The van der Waals surface area contributed by atoms with Crippen molar-refractivity contribution in [2.24, 2.45) is 0 Å². The minimum Gasteiger partial charge on any atom is -0.478 e. The van der Waals surface area contributed by atoms with Crippen LogP contribution in [0.1, 0.15) is 10.4 Å². The van der Waals surface area contributed by atoms with Gasteiger partial charge in [-0.05, 0) is 6.07 Å². The third-order valence-electron chi connectivity index (χ3n) is 2.41. The largest absolute Gasteiger partial charge is 0.478 e. The van der Waals surface area contributed by atoms with Crippen molar-refractivity contribution in [3.63, 3.8) is 0 Å². The van der Waals surface area contributed by atoms with Gasteiger partial charge < -0.3 is 16.2 Å². The number of nitrogens with two attached hydrogens (primary N) is 1. The monoisotopic (exact) mass is 283 g/mol. The SMILES string of the molecule is Nc1cc(C(=O)O)cnc1Nc1cc(F)cc(F)c1F. The lowest BCUT2D eigenvalue weighted by atomic mass is 10.2. The van der Waals surface area contributed by atoms with Crippen LogP contribution in [0.2, 0.25) is 0 Å². The van der Waals surface area contributed by atoms with E-state index in [-0.39, 0.29) is 17.1 Å². The van der Waals surface area contributed by atoms with Gasteiger partial charge in [0.15, 0.2) is 17.5 Å². The van der Waals surface area contributed by atoms with Crippen LogP contribution < -0.4 is 11.1 Å². The zero-order valence-corrected chi connectivity index (χ0v) is 9.82. The number of carboxylic acid groups (broad SMARTS) is 1. The Balaban J connectivity index is 2.38. The van der Waals surface area contributed by atoms with E-state index in [1.165, 1.54) is 0 Å². The molecule has 2 aromatic rings. The molecule has 0 unspecified atom stereocenters. The molecule has 5 nitrogen and oxygen atoms in total. The molecule has 104 valence electrons. The molecule has 0 aliphatic heterocycles. The lowest BCUT2D eigenvalue weighted by Gasteiger charge is -2.10. The Kier molecular flexibility index (Phi) is 3.47. The number of hydrogen-bond donors (Lipinski definition) is 3. The molecule has 1 aromatic carbocycles. The van der Waals surface area contributed by atoms with E-state index in [4.69, 9.17) is 10.8 Å².